The minimum absolute atomic E-state index is 0.644. The molecule has 0 aromatic carbocycles. The molecule has 0 fully saturated rings. The van der Waals surface area contributed by atoms with Crippen LogP contribution in [0, 0.1) is 0 Å². The molecule has 0 saturated carbocycles. The van der Waals surface area contributed by atoms with Gasteiger partial charge in [0.15, 0.2) is 4.67 Å². The molecule has 0 saturated heterocycles. The Morgan fingerprint density at radius 2 is 1.53 bits per heavy atom. The lowest BCUT2D eigenvalue weighted by Gasteiger charge is -2.19. The van der Waals surface area contributed by atoms with E-state index in [9.17, 15) is 0 Å². The summed E-state index contributed by atoms with van der Waals surface area (Å²) in [6.45, 7) is 9.92. The molecular formula is C10H20BrO3P. The summed E-state index contributed by atoms with van der Waals surface area (Å²) in [6.07, 6.45) is 0.867. The van der Waals surface area contributed by atoms with E-state index in [0.29, 0.717) is 19.8 Å². The van der Waals surface area contributed by atoms with Crippen molar-refractivity contribution in [3.05, 3.63) is 9.98 Å². The fraction of sp³-hybridized carbons (Fsp3) is 0.800. The zero-order valence-corrected chi connectivity index (χ0v) is 12.4. The summed E-state index contributed by atoms with van der Waals surface area (Å²) in [6, 6.07) is 0. The molecule has 5 heteroatoms. The van der Waals surface area contributed by atoms with Gasteiger partial charge in [-0.05, 0) is 43.1 Å². The van der Waals surface area contributed by atoms with Gasteiger partial charge in [-0.2, -0.15) is 0 Å². The molecule has 0 heterocycles. The van der Waals surface area contributed by atoms with Crippen molar-refractivity contribution in [2.75, 3.05) is 19.8 Å². The summed E-state index contributed by atoms with van der Waals surface area (Å²) in [7, 11) is -0.968. The normalized spacial score (nSPS) is 12.9. The summed E-state index contributed by atoms with van der Waals surface area (Å²) >= 11 is 3.42. The van der Waals surface area contributed by atoms with Crippen LogP contribution in [-0.2, 0) is 13.8 Å². The minimum atomic E-state index is -0.968. The van der Waals surface area contributed by atoms with Crippen LogP contribution in [0.2, 0.25) is 0 Å². The number of hydrogen-bond acceptors (Lipinski definition) is 3. The van der Waals surface area contributed by atoms with Crippen molar-refractivity contribution in [2.45, 2.75) is 34.1 Å². The third-order valence-corrected chi connectivity index (χ3v) is 4.51. The highest BCUT2D eigenvalue weighted by atomic mass is 79.9. The molecule has 0 aliphatic carbocycles. The van der Waals surface area contributed by atoms with Crippen LogP contribution in [0.3, 0.4) is 0 Å². The Bertz CT molecular complexity index is 191. The number of hydrogen-bond donors (Lipinski definition) is 0. The Kier molecular flexibility index (Phi) is 9.82. The molecule has 0 unspecified atom stereocenters. The molecule has 15 heavy (non-hydrogen) atoms. The summed E-state index contributed by atoms with van der Waals surface area (Å²) in [5.41, 5.74) is 0. The van der Waals surface area contributed by atoms with Crippen LogP contribution in [0.5, 0.6) is 0 Å². The zero-order chi connectivity index (χ0) is 11.7. The third kappa shape index (κ3) is 5.86. The smallest absolute Gasteiger partial charge is 0.205 e. The fourth-order valence-corrected chi connectivity index (χ4v) is 3.24. The number of allylic oxidation sites excluding steroid dienone is 1. The molecule has 0 aromatic rings. The van der Waals surface area contributed by atoms with Gasteiger partial charge in [-0.3, -0.25) is 0 Å². The van der Waals surface area contributed by atoms with Crippen LogP contribution < -0.4 is 0 Å². The molecule has 0 rings (SSSR count). The maximum absolute atomic E-state index is 5.58. The van der Waals surface area contributed by atoms with E-state index < -0.39 is 8.38 Å². The number of rotatable bonds is 8. The molecule has 0 aromatic heterocycles. The van der Waals surface area contributed by atoms with E-state index in [1.165, 1.54) is 0 Å². The first-order valence-electron chi connectivity index (χ1n) is 5.28. The van der Waals surface area contributed by atoms with E-state index in [4.69, 9.17) is 13.8 Å². The third-order valence-electron chi connectivity index (χ3n) is 1.55. The predicted molar refractivity (Wildman–Crippen MR) is 68.0 cm³/mol. The SMILES string of the molecule is CCO/C(Br)=C(\CC)P(OCC)OCC. The van der Waals surface area contributed by atoms with Crippen LogP contribution in [0.15, 0.2) is 9.98 Å². The van der Waals surface area contributed by atoms with E-state index >= 15 is 0 Å². The molecule has 0 amide bonds. The molecule has 0 radical (unpaired) electrons. The van der Waals surface area contributed by atoms with Gasteiger partial charge in [0.1, 0.15) is 0 Å². The molecule has 0 atom stereocenters. The van der Waals surface area contributed by atoms with Gasteiger partial charge in [-0.15, -0.1) is 0 Å². The van der Waals surface area contributed by atoms with Crippen LogP contribution in [-0.4, -0.2) is 19.8 Å². The average Bonchev–Trinajstić information content (AvgIpc) is 2.20. The summed E-state index contributed by atoms with van der Waals surface area (Å²) in [4.78, 5) is 0. The lowest BCUT2D eigenvalue weighted by Crippen LogP contribution is -1.97. The van der Waals surface area contributed by atoms with Crippen molar-refractivity contribution in [3.8, 4) is 0 Å². The Labute approximate surface area is 102 Å². The lowest BCUT2D eigenvalue weighted by molar-refractivity contribution is 0.250. The highest BCUT2D eigenvalue weighted by Crippen LogP contribution is 2.50. The van der Waals surface area contributed by atoms with Crippen molar-refractivity contribution in [1.82, 2.24) is 0 Å². The van der Waals surface area contributed by atoms with E-state index in [1.807, 2.05) is 20.8 Å². The van der Waals surface area contributed by atoms with Crippen molar-refractivity contribution in [2.24, 2.45) is 0 Å². The van der Waals surface area contributed by atoms with E-state index in [1.54, 1.807) is 0 Å². The maximum atomic E-state index is 5.58. The maximum Gasteiger partial charge on any atom is 0.205 e. The first-order chi connectivity index (χ1) is 7.21. The second-order valence-corrected chi connectivity index (χ2v) is 4.89. The van der Waals surface area contributed by atoms with Crippen molar-refractivity contribution >= 4 is 24.3 Å². The molecule has 0 bridgehead atoms. The van der Waals surface area contributed by atoms with Gasteiger partial charge in [0.25, 0.3) is 0 Å². The second-order valence-electron chi connectivity index (χ2n) is 2.60. The summed E-state index contributed by atoms with van der Waals surface area (Å²) < 4.78 is 17.3. The molecule has 0 aliphatic rings. The largest absolute Gasteiger partial charge is 0.487 e. The van der Waals surface area contributed by atoms with Crippen LogP contribution >= 0.6 is 24.3 Å². The molecule has 0 N–H and O–H groups in total. The lowest BCUT2D eigenvalue weighted by atomic mass is 10.5. The first kappa shape index (κ1) is 15.4. The number of halogens is 1. The van der Waals surface area contributed by atoms with Gasteiger partial charge in [0, 0.05) is 0 Å². The molecule has 3 nitrogen and oxygen atoms in total. The van der Waals surface area contributed by atoms with Gasteiger partial charge in [-0.1, -0.05) is 6.92 Å². The quantitative estimate of drug-likeness (QED) is 0.491. The second kappa shape index (κ2) is 9.59. The number of ether oxygens (including phenoxy) is 1. The van der Waals surface area contributed by atoms with Gasteiger partial charge in [0.2, 0.25) is 8.38 Å². The summed E-state index contributed by atoms with van der Waals surface area (Å²) in [5, 5.41) is 1.08. The molecule has 0 spiro atoms. The van der Waals surface area contributed by atoms with Crippen LogP contribution in [0.1, 0.15) is 34.1 Å². The Morgan fingerprint density at radius 1 is 1.00 bits per heavy atom. The molecular weight excluding hydrogens is 279 g/mol. The monoisotopic (exact) mass is 298 g/mol. The predicted octanol–water partition coefficient (Wildman–Crippen LogP) is 4.38. The summed E-state index contributed by atoms with van der Waals surface area (Å²) in [5.74, 6) is 0. The molecule has 0 aliphatic heterocycles. The van der Waals surface area contributed by atoms with Gasteiger partial charge >= 0.3 is 0 Å². The van der Waals surface area contributed by atoms with E-state index in [0.717, 1.165) is 16.4 Å². The van der Waals surface area contributed by atoms with Crippen LogP contribution in [0.25, 0.3) is 0 Å². The topological polar surface area (TPSA) is 27.7 Å². The van der Waals surface area contributed by atoms with Crippen molar-refractivity contribution in [3.63, 3.8) is 0 Å². The highest BCUT2D eigenvalue weighted by molar-refractivity contribution is 9.11. The standard InChI is InChI=1S/C10H20BrO3P/c1-5-9(10(11)12-6-2)15(13-7-3)14-8-4/h5-8H2,1-4H3/b10-9+. The average molecular weight is 299 g/mol. The van der Waals surface area contributed by atoms with E-state index in [-0.39, 0.29) is 0 Å². The van der Waals surface area contributed by atoms with Gasteiger partial charge in [0.05, 0.1) is 25.1 Å². The minimum Gasteiger partial charge on any atom is -0.487 e. The van der Waals surface area contributed by atoms with Crippen molar-refractivity contribution in [1.29, 1.82) is 0 Å². The highest BCUT2D eigenvalue weighted by Gasteiger charge is 2.18. The van der Waals surface area contributed by atoms with E-state index in [2.05, 4.69) is 22.9 Å². The van der Waals surface area contributed by atoms with Gasteiger partial charge < -0.3 is 13.8 Å². The fourth-order valence-electron chi connectivity index (χ4n) is 0.977. The Hall–Kier alpha value is 0.370. The van der Waals surface area contributed by atoms with Gasteiger partial charge in [-0.25, -0.2) is 0 Å². The Balaban J connectivity index is 4.62. The van der Waals surface area contributed by atoms with Crippen molar-refractivity contribution < 1.29 is 13.8 Å². The van der Waals surface area contributed by atoms with Crippen LogP contribution in [0.4, 0.5) is 0 Å². The Morgan fingerprint density at radius 3 is 1.87 bits per heavy atom. The molecule has 90 valence electrons. The zero-order valence-electron chi connectivity index (χ0n) is 9.88. The first-order valence-corrected chi connectivity index (χ1v) is 7.25.